The number of nitrogens with two attached hydrogens (primary N) is 1. The Labute approximate surface area is 165 Å². The lowest BCUT2D eigenvalue weighted by Crippen LogP contribution is -2.47. The van der Waals surface area contributed by atoms with Crippen molar-refractivity contribution in [3.8, 4) is 5.75 Å². The minimum atomic E-state index is -0.935. The van der Waals surface area contributed by atoms with E-state index >= 15 is 0 Å². The van der Waals surface area contributed by atoms with Gasteiger partial charge in [-0.1, -0.05) is 0 Å². The van der Waals surface area contributed by atoms with E-state index in [9.17, 15) is 9.59 Å². The molecule has 148 valence electrons. The number of aromatic nitrogens is 1. The fourth-order valence-corrected chi connectivity index (χ4v) is 3.46. The lowest BCUT2D eigenvalue weighted by atomic mass is 10.1. The highest BCUT2D eigenvalue weighted by atomic mass is 32.1. The summed E-state index contributed by atoms with van der Waals surface area (Å²) in [5, 5.41) is 3.18. The number of carbonyl (C=O) groups excluding carboxylic acids is 2. The standard InChI is InChI=1S/C19H21N3O5S/c1-10-16(28-9-21-10)8-26-12-4-5-15-13(6-12)17(11(2)27-15)19(24)22-14(7-25-3)18(20)23/h4-6,9,14H,7-8H2,1-3H3,(H2,20,23)(H,22,24). The van der Waals surface area contributed by atoms with Gasteiger partial charge in [0.1, 0.15) is 29.7 Å². The van der Waals surface area contributed by atoms with E-state index in [1.165, 1.54) is 18.4 Å². The lowest BCUT2D eigenvalue weighted by molar-refractivity contribution is -0.121. The molecule has 1 unspecified atom stereocenters. The molecule has 3 N–H and O–H groups in total. The Balaban J connectivity index is 1.85. The Kier molecular flexibility index (Phi) is 5.96. The summed E-state index contributed by atoms with van der Waals surface area (Å²) >= 11 is 1.52. The highest BCUT2D eigenvalue weighted by Crippen LogP contribution is 2.30. The largest absolute Gasteiger partial charge is 0.488 e. The second kappa shape index (κ2) is 8.41. The van der Waals surface area contributed by atoms with E-state index in [-0.39, 0.29) is 6.61 Å². The summed E-state index contributed by atoms with van der Waals surface area (Å²) in [6.45, 7) is 3.98. The van der Waals surface area contributed by atoms with Crippen molar-refractivity contribution in [2.75, 3.05) is 13.7 Å². The molecule has 0 saturated carbocycles. The van der Waals surface area contributed by atoms with Crippen LogP contribution in [0.25, 0.3) is 11.0 Å². The van der Waals surface area contributed by atoms with Gasteiger partial charge in [-0.25, -0.2) is 4.98 Å². The van der Waals surface area contributed by atoms with Crippen LogP contribution in [-0.2, 0) is 16.1 Å². The van der Waals surface area contributed by atoms with Gasteiger partial charge in [0.15, 0.2) is 0 Å². The smallest absolute Gasteiger partial charge is 0.256 e. The molecule has 0 aliphatic heterocycles. The second-order valence-corrected chi connectivity index (χ2v) is 7.16. The number of amides is 2. The zero-order valence-electron chi connectivity index (χ0n) is 15.8. The Hall–Kier alpha value is -2.91. The molecule has 0 bridgehead atoms. The first kappa shape index (κ1) is 19.8. The minimum absolute atomic E-state index is 0.0154. The average Bonchev–Trinajstić information content (AvgIpc) is 3.20. The number of nitrogens with one attached hydrogen (secondary N) is 1. The van der Waals surface area contributed by atoms with Crippen molar-refractivity contribution in [2.24, 2.45) is 5.73 Å². The number of primary amides is 1. The summed E-state index contributed by atoms with van der Waals surface area (Å²) in [6, 6.07) is 4.33. The molecule has 1 atom stereocenters. The van der Waals surface area contributed by atoms with E-state index < -0.39 is 17.9 Å². The molecule has 2 heterocycles. The van der Waals surface area contributed by atoms with Crippen LogP contribution in [0, 0.1) is 13.8 Å². The normalized spacial score (nSPS) is 12.1. The van der Waals surface area contributed by atoms with Crippen LogP contribution in [0.3, 0.4) is 0 Å². The van der Waals surface area contributed by atoms with E-state index in [0.29, 0.717) is 34.6 Å². The van der Waals surface area contributed by atoms with Crippen molar-refractivity contribution in [2.45, 2.75) is 26.5 Å². The van der Waals surface area contributed by atoms with Crippen molar-refractivity contribution in [3.63, 3.8) is 0 Å². The monoisotopic (exact) mass is 403 g/mol. The van der Waals surface area contributed by atoms with Crippen LogP contribution >= 0.6 is 11.3 Å². The maximum Gasteiger partial charge on any atom is 0.256 e. The van der Waals surface area contributed by atoms with Crippen LogP contribution in [0.1, 0.15) is 26.7 Å². The minimum Gasteiger partial charge on any atom is -0.488 e. The van der Waals surface area contributed by atoms with E-state index in [0.717, 1.165) is 10.6 Å². The first-order chi connectivity index (χ1) is 13.4. The molecular weight excluding hydrogens is 382 g/mol. The van der Waals surface area contributed by atoms with Gasteiger partial charge in [-0.2, -0.15) is 0 Å². The van der Waals surface area contributed by atoms with Crippen LogP contribution in [0.2, 0.25) is 0 Å². The molecule has 1 aromatic carbocycles. The molecule has 3 aromatic rings. The zero-order chi connectivity index (χ0) is 20.3. The van der Waals surface area contributed by atoms with Gasteiger partial charge in [-0.3, -0.25) is 9.59 Å². The average molecular weight is 403 g/mol. The van der Waals surface area contributed by atoms with Crippen LogP contribution < -0.4 is 15.8 Å². The molecule has 9 heteroatoms. The fourth-order valence-electron chi connectivity index (χ4n) is 2.78. The molecule has 8 nitrogen and oxygen atoms in total. The quantitative estimate of drug-likeness (QED) is 0.596. The van der Waals surface area contributed by atoms with Gasteiger partial charge in [0.05, 0.1) is 28.3 Å². The number of thiazole rings is 1. The van der Waals surface area contributed by atoms with Crippen molar-refractivity contribution in [1.29, 1.82) is 0 Å². The number of hydrogen-bond donors (Lipinski definition) is 2. The Bertz CT molecular complexity index is 1010. The van der Waals surface area contributed by atoms with Gasteiger partial charge in [0, 0.05) is 12.5 Å². The number of carbonyl (C=O) groups is 2. The third kappa shape index (κ3) is 4.15. The molecule has 0 aliphatic rings. The van der Waals surface area contributed by atoms with Gasteiger partial charge in [0.25, 0.3) is 5.91 Å². The van der Waals surface area contributed by atoms with Gasteiger partial charge in [-0.05, 0) is 32.0 Å². The predicted octanol–water partition coefficient (Wildman–Crippen LogP) is 2.32. The molecule has 0 radical (unpaired) electrons. The van der Waals surface area contributed by atoms with Crippen LogP contribution in [0.15, 0.2) is 28.1 Å². The van der Waals surface area contributed by atoms with Crippen molar-refractivity contribution >= 4 is 34.1 Å². The van der Waals surface area contributed by atoms with E-state index in [1.54, 1.807) is 30.6 Å². The molecule has 0 saturated heterocycles. The summed E-state index contributed by atoms with van der Waals surface area (Å²) in [5.74, 6) is -0.112. The van der Waals surface area contributed by atoms with Crippen molar-refractivity contribution in [1.82, 2.24) is 10.3 Å². The number of furan rings is 1. The van der Waals surface area contributed by atoms with Crippen LogP contribution in [0.4, 0.5) is 0 Å². The molecule has 28 heavy (non-hydrogen) atoms. The fraction of sp³-hybridized carbons (Fsp3) is 0.316. The molecule has 2 aromatic heterocycles. The maximum absolute atomic E-state index is 12.7. The number of nitrogens with zero attached hydrogens (tertiary/aromatic N) is 1. The Morgan fingerprint density at radius 3 is 2.79 bits per heavy atom. The highest BCUT2D eigenvalue weighted by Gasteiger charge is 2.24. The first-order valence-electron chi connectivity index (χ1n) is 8.54. The zero-order valence-corrected chi connectivity index (χ0v) is 16.6. The Morgan fingerprint density at radius 2 is 2.14 bits per heavy atom. The maximum atomic E-state index is 12.7. The van der Waals surface area contributed by atoms with Crippen molar-refractivity contribution < 1.29 is 23.5 Å². The van der Waals surface area contributed by atoms with Crippen LogP contribution in [-0.4, -0.2) is 36.6 Å². The van der Waals surface area contributed by atoms with E-state index in [2.05, 4.69) is 10.3 Å². The van der Waals surface area contributed by atoms with E-state index in [4.69, 9.17) is 19.6 Å². The van der Waals surface area contributed by atoms with Crippen molar-refractivity contribution in [3.05, 3.63) is 45.6 Å². The summed E-state index contributed by atoms with van der Waals surface area (Å²) in [7, 11) is 1.43. The van der Waals surface area contributed by atoms with E-state index in [1.807, 2.05) is 6.92 Å². The number of hydrogen-bond acceptors (Lipinski definition) is 7. The van der Waals surface area contributed by atoms with Gasteiger partial charge in [0.2, 0.25) is 5.91 Å². The summed E-state index contributed by atoms with van der Waals surface area (Å²) < 4.78 is 16.5. The van der Waals surface area contributed by atoms with Gasteiger partial charge >= 0.3 is 0 Å². The Morgan fingerprint density at radius 1 is 1.36 bits per heavy atom. The highest BCUT2D eigenvalue weighted by molar-refractivity contribution is 7.09. The predicted molar refractivity (Wildman–Crippen MR) is 104 cm³/mol. The lowest BCUT2D eigenvalue weighted by Gasteiger charge is -2.14. The molecular formula is C19H21N3O5S. The molecule has 0 fully saturated rings. The molecule has 0 aliphatic carbocycles. The molecule has 3 rings (SSSR count). The first-order valence-corrected chi connectivity index (χ1v) is 9.42. The number of methoxy groups -OCH3 is 1. The topological polar surface area (TPSA) is 117 Å². The van der Waals surface area contributed by atoms with Gasteiger partial charge < -0.3 is 24.9 Å². The number of ether oxygens (including phenoxy) is 2. The summed E-state index contributed by atoms with van der Waals surface area (Å²) in [4.78, 5) is 29.5. The third-order valence-corrected chi connectivity index (χ3v) is 5.17. The SMILES string of the molecule is COCC(NC(=O)c1c(C)oc2ccc(OCc3scnc3C)cc12)C(N)=O. The number of aryl methyl sites for hydroxylation is 2. The second-order valence-electron chi connectivity index (χ2n) is 6.22. The molecule has 2 amide bonds. The number of fused-ring (bicyclic) bond motifs is 1. The van der Waals surface area contributed by atoms with Crippen LogP contribution in [0.5, 0.6) is 5.75 Å². The summed E-state index contributed by atoms with van der Waals surface area (Å²) in [5.41, 5.74) is 8.90. The number of rotatable bonds is 8. The van der Waals surface area contributed by atoms with Gasteiger partial charge in [-0.15, -0.1) is 11.3 Å². The third-order valence-electron chi connectivity index (χ3n) is 4.26. The molecule has 0 spiro atoms. The number of benzene rings is 1. The summed E-state index contributed by atoms with van der Waals surface area (Å²) in [6.07, 6.45) is 0.